The maximum atomic E-state index is 12.1. The quantitative estimate of drug-likeness (QED) is 0.664. The van der Waals surface area contributed by atoms with Gasteiger partial charge in [0.05, 0.1) is 0 Å². The van der Waals surface area contributed by atoms with Crippen molar-refractivity contribution in [3.05, 3.63) is 42.3 Å². The summed E-state index contributed by atoms with van der Waals surface area (Å²) in [6, 6.07) is 7.95. The molecule has 19 heavy (non-hydrogen) atoms. The second-order valence-corrected chi connectivity index (χ2v) is 4.93. The summed E-state index contributed by atoms with van der Waals surface area (Å²) in [6.07, 6.45) is 7.62. The number of rotatable bonds is 9. The number of benzene rings is 1. The molecule has 2 nitrogen and oxygen atoms in total. The molecular formula is C17H26NO. The van der Waals surface area contributed by atoms with E-state index in [1.54, 1.807) is 0 Å². The van der Waals surface area contributed by atoms with Gasteiger partial charge in [0.1, 0.15) is 0 Å². The smallest absolute Gasteiger partial charge is 0.251 e. The molecule has 0 spiro atoms. The highest BCUT2D eigenvalue weighted by molar-refractivity contribution is 5.95. The Hall–Kier alpha value is -1.31. The summed E-state index contributed by atoms with van der Waals surface area (Å²) >= 11 is 0. The molecular weight excluding hydrogens is 234 g/mol. The van der Waals surface area contributed by atoms with Crippen LogP contribution in [0.4, 0.5) is 0 Å². The Labute approximate surface area is 117 Å². The Morgan fingerprint density at radius 3 is 2.68 bits per heavy atom. The van der Waals surface area contributed by atoms with Gasteiger partial charge in [-0.1, -0.05) is 57.7 Å². The number of unbranched alkanes of at least 4 members (excludes halogenated alkanes) is 4. The molecule has 0 aliphatic heterocycles. The van der Waals surface area contributed by atoms with Crippen molar-refractivity contribution in [1.82, 2.24) is 5.32 Å². The zero-order valence-electron chi connectivity index (χ0n) is 12.1. The van der Waals surface area contributed by atoms with Crippen LogP contribution in [0.2, 0.25) is 0 Å². The Bertz CT molecular complexity index is 373. The zero-order chi connectivity index (χ0) is 13.9. The molecule has 0 fully saturated rings. The molecule has 1 aromatic carbocycles. The molecule has 1 amide bonds. The fraction of sp³-hybridized carbons (Fsp3) is 0.529. The fourth-order valence-electron chi connectivity index (χ4n) is 2.10. The minimum atomic E-state index is 0.0706. The van der Waals surface area contributed by atoms with E-state index in [2.05, 4.69) is 25.2 Å². The summed E-state index contributed by atoms with van der Waals surface area (Å²) in [7, 11) is 0. The lowest BCUT2D eigenvalue weighted by molar-refractivity contribution is 0.0952. The van der Waals surface area contributed by atoms with Crippen LogP contribution in [0.15, 0.2) is 24.3 Å². The summed E-state index contributed by atoms with van der Waals surface area (Å²) in [4.78, 5) is 12.1. The van der Waals surface area contributed by atoms with E-state index < -0.39 is 0 Å². The minimum absolute atomic E-state index is 0.0706. The molecule has 0 aliphatic carbocycles. The van der Waals surface area contributed by atoms with Crippen LogP contribution in [0.3, 0.4) is 0 Å². The molecule has 1 rings (SSSR count). The van der Waals surface area contributed by atoms with Gasteiger partial charge < -0.3 is 5.32 Å². The van der Waals surface area contributed by atoms with Crippen LogP contribution in [0, 0.1) is 6.92 Å². The lowest BCUT2D eigenvalue weighted by Crippen LogP contribution is -2.25. The third-order valence-electron chi connectivity index (χ3n) is 3.27. The van der Waals surface area contributed by atoms with Gasteiger partial charge in [-0.25, -0.2) is 0 Å². The van der Waals surface area contributed by atoms with Crippen molar-refractivity contribution in [3.8, 4) is 0 Å². The molecule has 0 aliphatic rings. The highest BCUT2D eigenvalue weighted by Crippen LogP contribution is 2.13. The Morgan fingerprint density at radius 1 is 1.16 bits per heavy atom. The lowest BCUT2D eigenvalue weighted by atomic mass is 10.0. The van der Waals surface area contributed by atoms with E-state index in [4.69, 9.17) is 0 Å². The number of carbonyl (C=O) groups is 1. The van der Waals surface area contributed by atoms with Crippen molar-refractivity contribution in [2.45, 2.75) is 51.9 Å². The lowest BCUT2D eigenvalue weighted by Gasteiger charge is -2.10. The predicted molar refractivity (Wildman–Crippen MR) is 81.2 cm³/mol. The number of carbonyl (C=O) groups excluding carboxylic acids is 1. The molecule has 0 saturated heterocycles. The number of nitrogens with one attached hydrogen (secondary N) is 1. The third kappa shape index (κ3) is 5.91. The second-order valence-electron chi connectivity index (χ2n) is 4.93. The number of hydrogen-bond donors (Lipinski definition) is 1. The normalized spacial score (nSPS) is 10.4. The van der Waals surface area contributed by atoms with Crippen molar-refractivity contribution >= 4 is 5.91 Å². The second kappa shape index (κ2) is 9.60. The van der Waals surface area contributed by atoms with Crippen molar-refractivity contribution in [2.24, 2.45) is 0 Å². The number of hydrogen-bond acceptors (Lipinski definition) is 1. The summed E-state index contributed by atoms with van der Waals surface area (Å²) in [5.74, 6) is 0.0706. The number of amides is 1. The molecule has 0 bridgehead atoms. The molecule has 1 aromatic rings. The summed E-state index contributed by atoms with van der Waals surface area (Å²) in [5, 5.41) is 2.99. The van der Waals surface area contributed by atoms with Crippen LogP contribution in [0.25, 0.3) is 0 Å². The molecule has 0 unspecified atom stereocenters. The van der Waals surface area contributed by atoms with Gasteiger partial charge in [0.15, 0.2) is 0 Å². The van der Waals surface area contributed by atoms with Crippen LogP contribution < -0.4 is 5.32 Å². The SMILES string of the molecule is [CH2]CCCCCc1ccccc1C(=O)NCCCC. The summed E-state index contributed by atoms with van der Waals surface area (Å²) in [5.41, 5.74) is 2.01. The molecule has 0 atom stereocenters. The molecule has 0 aromatic heterocycles. The van der Waals surface area contributed by atoms with E-state index in [0.717, 1.165) is 44.2 Å². The molecule has 0 heterocycles. The Kier molecular flexibility index (Phi) is 7.95. The standard InChI is InChI=1S/C17H26NO/c1-3-5-7-8-11-15-12-9-10-13-16(15)17(19)18-14-6-4-2/h9-10,12-13H,1,3-8,11,14H2,2H3,(H,18,19). The summed E-state index contributed by atoms with van der Waals surface area (Å²) < 4.78 is 0. The highest BCUT2D eigenvalue weighted by atomic mass is 16.1. The molecule has 1 N–H and O–H groups in total. The van der Waals surface area contributed by atoms with Gasteiger partial charge in [0.25, 0.3) is 5.91 Å². The minimum Gasteiger partial charge on any atom is -0.352 e. The Balaban J connectivity index is 2.54. The van der Waals surface area contributed by atoms with Crippen molar-refractivity contribution in [2.75, 3.05) is 6.54 Å². The van der Waals surface area contributed by atoms with Crippen molar-refractivity contribution in [3.63, 3.8) is 0 Å². The van der Waals surface area contributed by atoms with Gasteiger partial charge in [0, 0.05) is 12.1 Å². The van der Waals surface area contributed by atoms with Crippen LogP contribution in [0.5, 0.6) is 0 Å². The van der Waals surface area contributed by atoms with E-state index in [-0.39, 0.29) is 5.91 Å². The van der Waals surface area contributed by atoms with Crippen LogP contribution in [0.1, 0.15) is 61.4 Å². The molecule has 0 saturated carbocycles. The van der Waals surface area contributed by atoms with Crippen molar-refractivity contribution in [1.29, 1.82) is 0 Å². The third-order valence-corrected chi connectivity index (χ3v) is 3.27. The average Bonchev–Trinajstić information content (AvgIpc) is 2.44. The van der Waals surface area contributed by atoms with Gasteiger partial charge in [0.2, 0.25) is 0 Å². The topological polar surface area (TPSA) is 29.1 Å². The van der Waals surface area contributed by atoms with E-state index >= 15 is 0 Å². The summed E-state index contributed by atoms with van der Waals surface area (Å²) in [6.45, 7) is 6.75. The maximum Gasteiger partial charge on any atom is 0.251 e. The molecule has 105 valence electrons. The van der Waals surface area contributed by atoms with Gasteiger partial charge in [-0.2, -0.15) is 0 Å². The first-order chi connectivity index (χ1) is 9.29. The molecule has 1 radical (unpaired) electrons. The van der Waals surface area contributed by atoms with Crippen LogP contribution in [-0.2, 0) is 6.42 Å². The van der Waals surface area contributed by atoms with Gasteiger partial charge in [-0.15, -0.1) is 0 Å². The average molecular weight is 260 g/mol. The van der Waals surface area contributed by atoms with Crippen molar-refractivity contribution < 1.29 is 4.79 Å². The van der Waals surface area contributed by atoms with Crippen LogP contribution in [-0.4, -0.2) is 12.5 Å². The van der Waals surface area contributed by atoms with E-state index in [1.165, 1.54) is 18.4 Å². The molecule has 2 heteroatoms. The number of aryl methyl sites for hydroxylation is 1. The first-order valence-electron chi connectivity index (χ1n) is 7.45. The van der Waals surface area contributed by atoms with Crippen LogP contribution >= 0.6 is 0 Å². The predicted octanol–water partition coefficient (Wildman–Crippen LogP) is 4.15. The van der Waals surface area contributed by atoms with E-state index in [0.29, 0.717) is 0 Å². The zero-order valence-corrected chi connectivity index (χ0v) is 12.1. The van der Waals surface area contributed by atoms with E-state index in [9.17, 15) is 4.79 Å². The fourth-order valence-corrected chi connectivity index (χ4v) is 2.10. The monoisotopic (exact) mass is 260 g/mol. The maximum absolute atomic E-state index is 12.1. The first-order valence-corrected chi connectivity index (χ1v) is 7.45. The first kappa shape index (κ1) is 15.7. The van der Waals surface area contributed by atoms with E-state index in [1.807, 2.05) is 18.2 Å². The largest absolute Gasteiger partial charge is 0.352 e. The van der Waals surface area contributed by atoms with Gasteiger partial charge >= 0.3 is 0 Å². The highest BCUT2D eigenvalue weighted by Gasteiger charge is 2.09. The van der Waals surface area contributed by atoms with Gasteiger partial charge in [-0.3, -0.25) is 4.79 Å². The van der Waals surface area contributed by atoms with Gasteiger partial charge in [-0.05, 0) is 30.9 Å². The Morgan fingerprint density at radius 2 is 1.95 bits per heavy atom.